The van der Waals surface area contributed by atoms with E-state index in [0.29, 0.717) is 12.1 Å². The van der Waals surface area contributed by atoms with Crippen LogP contribution < -0.4 is 16.0 Å². The molecule has 3 nitrogen and oxygen atoms in total. The molecular formula is C18H41N3. The van der Waals surface area contributed by atoms with Crippen LogP contribution in [0.5, 0.6) is 0 Å². The van der Waals surface area contributed by atoms with Gasteiger partial charge in [0.15, 0.2) is 0 Å². The van der Waals surface area contributed by atoms with Crippen molar-refractivity contribution in [2.45, 2.75) is 91.1 Å². The zero-order valence-corrected chi connectivity index (χ0v) is 15.1. The Morgan fingerprint density at radius 3 is 1.14 bits per heavy atom. The monoisotopic (exact) mass is 299 g/mol. The van der Waals surface area contributed by atoms with Gasteiger partial charge in [-0.1, -0.05) is 53.4 Å². The fourth-order valence-corrected chi connectivity index (χ4v) is 2.36. The first kappa shape index (κ1) is 20.9. The summed E-state index contributed by atoms with van der Waals surface area (Å²) in [5, 5.41) is 10.5. The van der Waals surface area contributed by atoms with Crippen LogP contribution in [0.4, 0.5) is 0 Å². The Morgan fingerprint density at radius 1 is 0.476 bits per heavy atom. The summed E-state index contributed by atoms with van der Waals surface area (Å²) < 4.78 is 0. The van der Waals surface area contributed by atoms with E-state index in [4.69, 9.17) is 0 Å². The van der Waals surface area contributed by atoms with Gasteiger partial charge in [0.1, 0.15) is 0 Å². The van der Waals surface area contributed by atoms with Gasteiger partial charge in [-0.05, 0) is 51.9 Å². The molecule has 0 aromatic carbocycles. The maximum absolute atomic E-state index is 3.57. The van der Waals surface area contributed by atoms with E-state index in [9.17, 15) is 0 Å². The number of hydrogen-bond donors (Lipinski definition) is 3. The van der Waals surface area contributed by atoms with Gasteiger partial charge in [-0.25, -0.2) is 0 Å². The molecule has 3 N–H and O–H groups in total. The third kappa shape index (κ3) is 19.9. The van der Waals surface area contributed by atoms with Crippen molar-refractivity contribution >= 4 is 0 Å². The van der Waals surface area contributed by atoms with E-state index in [0.717, 1.165) is 0 Å². The highest BCUT2D eigenvalue weighted by molar-refractivity contribution is 4.56. The maximum Gasteiger partial charge on any atom is 0.00103 e. The van der Waals surface area contributed by atoms with Crippen LogP contribution in [-0.4, -0.2) is 38.3 Å². The average molecular weight is 300 g/mol. The molecule has 0 radical (unpaired) electrons. The Labute approximate surface area is 134 Å². The molecule has 0 aliphatic rings. The van der Waals surface area contributed by atoms with Crippen molar-refractivity contribution in [3.63, 3.8) is 0 Å². The third-order valence-corrected chi connectivity index (χ3v) is 3.67. The highest BCUT2D eigenvalue weighted by atomic mass is 14.9. The summed E-state index contributed by atoms with van der Waals surface area (Å²) in [4.78, 5) is 0. The van der Waals surface area contributed by atoms with Gasteiger partial charge in [0.05, 0.1) is 0 Å². The second-order valence-electron chi connectivity index (χ2n) is 6.80. The zero-order chi connectivity index (χ0) is 15.8. The van der Waals surface area contributed by atoms with Gasteiger partial charge in [0, 0.05) is 12.1 Å². The molecule has 3 heteroatoms. The van der Waals surface area contributed by atoms with E-state index >= 15 is 0 Å². The molecule has 0 amide bonds. The summed E-state index contributed by atoms with van der Waals surface area (Å²) in [6.45, 7) is 13.6. The van der Waals surface area contributed by atoms with Crippen molar-refractivity contribution in [1.29, 1.82) is 0 Å². The van der Waals surface area contributed by atoms with Crippen LogP contribution in [-0.2, 0) is 0 Å². The SMILES string of the molecule is CC(C)NCCCCCCNCCCCCCNC(C)C. The molecule has 0 atom stereocenters. The van der Waals surface area contributed by atoms with Gasteiger partial charge in [-0.3, -0.25) is 0 Å². The van der Waals surface area contributed by atoms with Gasteiger partial charge < -0.3 is 16.0 Å². The lowest BCUT2D eigenvalue weighted by atomic mass is 10.1. The topological polar surface area (TPSA) is 36.1 Å². The molecule has 0 aliphatic carbocycles. The van der Waals surface area contributed by atoms with Crippen molar-refractivity contribution in [1.82, 2.24) is 16.0 Å². The standard InChI is InChI=1S/C18H41N3/c1-17(2)20-15-11-7-5-9-13-19-14-10-6-8-12-16-21-18(3)4/h17-21H,5-16H2,1-4H3. The fourth-order valence-electron chi connectivity index (χ4n) is 2.36. The van der Waals surface area contributed by atoms with Crippen molar-refractivity contribution in [3.8, 4) is 0 Å². The summed E-state index contributed by atoms with van der Waals surface area (Å²) in [6.07, 6.45) is 10.8. The van der Waals surface area contributed by atoms with Crippen LogP contribution in [0, 0.1) is 0 Å². The molecule has 128 valence electrons. The van der Waals surface area contributed by atoms with E-state index < -0.39 is 0 Å². The lowest BCUT2D eigenvalue weighted by molar-refractivity contribution is 0.518. The highest BCUT2D eigenvalue weighted by Crippen LogP contribution is 2.00. The van der Waals surface area contributed by atoms with Crippen molar-refractivity contribution in [2.24, 2.45) is 0 Å². The van der Waals surface area contributed by atoms with Crippen LogP contribution in [0.15, 0.2) is 0 Å². The van der Waals surface area contributed by atoms with E-state index in [-0.39, 0.29) is 0 Å². The molecular weight excluding hydrogens is 258 g/mol. The van der Waals surface area contributed by atoms with Gasteiger partial charge in [0.25, 0.3) is 0 Å². The number of rotatable bonds is 16. The minimum atomic E-state index is 0.632. The first-order chi connectivity index (χ1) is 10.1. The van der Waals surface area contributed by atoms with Crippen molar-refractivity contribution in [3.05, 3.63) is 0 Å². The van der Waals surface area contributed by atoms with Crippen LogP contribution >= 0.6 is 0 Å². The smallest absolute Gasteiger partial charge is 0.00103 e. The average Bonchev–Trinajstić information content (AvgIpc) is 2.42. The van der Waals surface area contributed by atoms with Crippen LogP contribution in [0.3, 0.4) is 0 Å². The van der Waals surface area contributed by atoms with E-state index in [2.05, 4.69) is 43.6 Å². The van der Waals surface area contributed by atoms with Crippen LogP contribution in [0.2, 0.25) is 0 Å². The quantitative estimate of drug-likeness (QED) is 0.380. The molecule has 0 saturated carbocycles. The molecule has 0 aromatic rings. The molecule has 0 bridgehead atoms. The molecule has 0 fully saturated rings. The normalized spacial score (nSPS) is 11.7. The summed E-state index contributed by atoms with van der Waals surface area (Å²) in [6, 6.07) is 1.26. The Kier molecular flexibility index (Phi) is 16.2. The number of hydrogen-bond acceptors (Lipinski definition) is 3. The minimum Gasteiger partial charge on any atom is -0.317 e. The minimum absolute atomic E-state index is 0.632. The molecule has 0 aliphatic heterocycles. The lowest BCUT2D eigenvalue weighted by Crippen LogP contribution is -2.23. The highest BCUT2D eigenvalue weighted by Gasteiger charge is 1.95. The molecule has 0 aromatic heterocycles. The molecule has 0 heterocycles. The Bertz CT molecular complexity index is 173. The van der Waals surface area contributed by atoms with Crippen molar-refractivity contribution < 1.29 is 0 Å². The number of nitrogens with one attached hydrogen (secondary N) is 3. The Morgan fingerprint density at radius 2 is 0.810 bits per heavy atom. The second kappa shape index (κ2) is 16.3. The molecule has 21 heavy (non-hydrogen) atoms. The summed E-state index contributed by atoms with van der Waals surface area (Å²) in [5.41, 5.74) is 0. The summed E-state index contributed by atoms with van der Waals surface area (Å²) in [7, 11) is 0. The van der Waals surface area contributed by atoms with Gasteiger partial charge in [-0.15, -0.1) is 0 Å². The zero-order valence-electron chi connectivity index (χ0n) is 15.1. The summed E-state index contributed by atoms with van der Waals surface area (Å²) >= 11 is 0. The van der Waals surface area contributed by atoms with Crippen molar-refractivity contribution in [2.75, 3.05) is 26.2 Å². The Hall–Kier alpha value is -0.120. The molecule has 0 rings (SSSR count). The maximum atomic E-state index is 3.57. The van der Waals surface area contributed by atoms with Crippen LogP contribution in [0.25, 0.3) is 0 Å². The van der Waals surface area contributed by atoms with E-state index in [1.807, 2.05) is 0 Å². The lowest BCUT2D eigenvalue weighted by Gasteiger charge is -2.08. The first-order valence-electron chi connectivity index (χ1n) is 9.30. The fraction of sp³-hybridized carbons (Fsp3) is 1.00. The predicted octanol–water partition coefficient (Wildman–Crippen LogP) is 3.69. The molecule has 0 saturated heterocycles. The van der Waals surface area contributed by atoms with E-state index in [1.54, 1.807) is 0 Å². The number of unbranched alkanes of at least 4 members (excludes halogenated alkanes) is 6. The molecule has 0 spiro atoms. The van der Waals surface area contributed by atoms with E-state index in [1.165, 1.54) is 77.5 Å². The van der Waals surface area contributed by atoms with Gasteiger partial charge in [-0.2, -0.15) is 0 Å². The van der Waals surface area contributed by atoms with Gasteiger partial charge in [0.2, 0.25) is 0 Å². The largest absolute Gasteiger partial charge is 0.317 e. The van der Waals surface area contributed by atoms with Crippen LogP contribution in [0.1, 0.15) is 79.1 Å². The Balaban J connectivity index is 2.96. The molecule has 0 unspecified atom stereocenters. The second-order valence-corrected chi connectivity index (χ2v) is 6.80. The first-order valence-corrected chi connectivity index (χ1v) is 9.30. The van der Waals surface area contributed by atoms with Gasteiger partial charge >= 0.3 is 0 Å². The summed E-state index contributed by atoms with van der Waals surface area (Å²) in [5.74, 6) is 0. The predicted molar refractivity (Wildman–Crippen MR) is 96.1 cm³/mol. The third-order valence-electron chi connectivity index (χ3n) is 3.67.